The summed E-state index contributed by atoms with van der Waals surface area (Å²) in [6.45, 7) is 6.09. The Kier molecular flexibility index (Phi) is 4.39. The van der Waals surface area contributed by atoms with Crippen molar-refractivity contribution in [3.63, 3.8) is 0 Å². The number of hydrogen-bond donors (Lipinski definition) is 2. The topological polar surface area (TPSA) is 105 Å². The third kappa shape index (κ3) is 3.17. The highest BCUT2D eigenvalue weighted by Crippen LogP contribution is 2.21. The molecule has 2 N–H and O–H groups in total. The van der Waals surface area contributed by atoms with E-state index in [2.05, 4.69) is 30.4 Å². The first-order valence-electron chi connectivity index (χ1n) is 8.03. The van der Waals surface area contributed by atoms with Crippen molar-refractivity contribution in [3.05, 3.63) is 29.6 Å². The third-order valence-electron chi connectivity index (χ3n) is 4.32. The van der Waals surface area contributed by atoms with Crippen molar-refractivity contribution < 1.29 is 4.79 Å². The summed E-state index contributed by atoms with van der Waals surface area (Å²) < 4.78 is 1.83. The maximum atomic E-state index is 12.5. The van der Waals surface area contributed by atoms with E-state index in [1.54, 1.807) is 11.2 Å². The highest BCUT2D eigenvalue weighted by atomic mass is 16.2. The van der Waals surface area contributed by atoms with Crippen LogP contribution in [0.1, 0.15) is 29.9 Å². The second-order valence-electron chi connectivity index (χ2n) is 6.15. The van der Waals surface area contributed by atoms with Gasteiger partial charge in [-0.05, 0) is 20.8 Å². The van der Waals surface area contributed by atoms with Crippen molar-refractivity contribution in [2.24, 2.45) is 7.05 Å². The molecule has 0 spiro atoms. The standard InChI is InChI=1S/C16H22N8O/c1-9(13-10(2)22-24(5)11(13)3)21-12(25)6-23(4)16-14-15(18-7-17-14)19-8-20-16/h7-9H,6H2,1-5H3,(H,21,25)(H,17,18,19,20). The summed E-state index contributed by atoms with van der Waals surface area (Å²) in [6.07, 6.45) is 3.00. The largest absolute Gasteiger partial charge is 0.348 e. The molecule has 1 unspecified atom stereocenters. The van der Waals surface area contributed by atoms with Gasteiger partial charge >= 0.3 is 0 Å². The number of imidazole rings is 1. The van der Waals surface area contributed by atoms with Crippen molar-refractivity contribution in [1.29, 1.82) is 0 Å². The number of nitrogens with one attached hydrogen (secondary N) is 2. The normalized spacial score (nSPS) is 12.4. The van der Waals surface area contributed by atoms with Crippen molar-refractivity contribution in [1.82, 2.24) is 35.0 Å². The maximum Gasteiger partial charge on any atom is 0.240 e. The third-order valence-corrected chi connectivity index (χ3v) is 4.32. The summed E-state index contributed by atoms with van der Waals surface area (Å²) in [7, 11) is 3.71. The Balaban J connectivity index is 1.71. The number of H-pyrrole nitrogens is 1. The molecule has 0 aromatic carbocycles. The van der Waals surface area contributed by atoms with Crippen LogP contribution >= 0.6 is 0 Å². The molecule has 1 atom stereocenters. The van der Waals surface area contributed by atoms with Crippen LogP contribution in [0.25, 0.3) is 11.2 Å². The zero-order valence-corrected chi connectivity index (χ0v) is 15.0. The molecule has 132 valence electrons. The zero-order valence-electron chi connectivity index (χ0n) is 15.0. The molecule has 0 fully saturated rings. The summed E-state index contributed by atoms with van der Waals surface area (Å²) in [6, 6.07) is -0.118. The Bertz CT molecular complexity index is 912. The van der Waals surface area contributed by atoms with Gasteiger partial charge in [0.1, 0.15) is 11.8 Å². The van der Waals surface area contributed by atoms with Crippen molar-refractivity contribution in [3.8, 4) is 0 Å². The fourth-order valence-corrected chi connectivity index (χ4v) is 3.11. The second-order valence-corrected chi connectivity index (χ2v) is 6.15. The molecule has 0 aliphatic rings. The van der Waals surface area contributed by atoms with E-state index < -0.39 is 0 Å². The Morgan fingerprint density at radius 3 is 2.80 bits per heavy atom. The van der Waals surface area contributed by atoms with E-state index in [4.69, 9.17) is 0 Å². The average molecular weight is 342 g/mol. The van der Waals surface area contributed by atoms with E-state index in [9.17, 15) is 4.79 Å². The fraction of sp³-hybridized carbons (Fsp3) is 0.438. The first kappa shape index (κ1) is 16.9. The lowest BCUT2D eigenvalue weighted by Gasteiger charge is -2.20. The number of nitrogens with zero attached hydrogens (tertiary/aromatic N) is 6. The average Bonchev–Trinajstić information content (AvgIpc) is 3.11. The van der Waals surface area contributed by atoms with Gasteiger partial charge in [-0.3, -0.25) is 9.48 Å². The predicted octanol–water partition coefficient (Wildman–Crippen LogP) is 1.02. The molecule has 3 rings (SSSR count). The molecule has 0 radical (unpaired) electrons. The fourth-order valence-electron chi connectivity index (χ4n) is 3.11. The van der Waals surface area contributed by atoms with Crippen LogP contribution in [0.5, 0.6) is 0 Å². The van der Waals surface area contributed by atoms with E-state index in [0.717, 1.165) is 17.0 Å². The minimum Gasteiger partial charge on any atom is -0.348 e. The van der Waals surface area contributed by atoms with Crippen LogP contribution in [-0.2, 0) is 11.8 Å². The van der Waals surface area contributed by atoms with Gasteiger partial charge in [0.25, 0.3) is 0 Å². The number of likely N-dealkylation sites (N-methyl/N-ethyl adjacent to an activating group) is 1. The summed E-state index contributed by atoms with van der Waals surface area (Å²) in [5.74, 6) is 0.544. The number of fused-ring (bicyclic) bond motifs is 1. The molecule has 25 heavy (non-hydrogen) atoms. The van der Waals surface area contributed by atoms with Crippen LogP contribution in [0.2, 0.25) is 0 Å². The van der Waals surface area contributed by atoms with Gasteiger partial charge in [0.15, 0.2) is 11.5 Å². The number of aryl methyl sites for hydroxylation is 2. The van der Waals surface area contributed by atoms with E-state index in [1.807, 2.05) is 39.5 Å². The van der Waals surface area contributed by atoms with Gasteiger partial charge in [-0.2, -0.15) is 5.10 Å². The molecule has 0 aliphatic carbocycles. The van der Waals surface area contributed by atoms with Crippen molar-refractivity contribution in [2.75, 3.05) is 18.5 Å². The summed E-state index contributed by atoms with van der Waals surface area (Å²) in [5.41, 5.74) is 4.32. The molecule has 3 aromatic heterocycles. The smallest absolute Gasteiger partial charge is 0.240 e. The minimum atomic E-state index is -0.118. The quantitative estimate of drug-likeness (QED) is 0.717. The number of amides is 1. The Morgan fingerprint density at radius 1 is 1.36 bits per heavy atom. The molecule has 9 heteroatoms. The molecular formula is C16H22N8O. The van der Waals surface area contributed by atoms with Gasteiger partial charge in [0, 0.05) is 25.4 Å². The van der Waals surface area contributed by atoms with Gasteiger partial charge in [-0.25, -0.2) is 15.0 Å². The number of hydrogen-bond acceptors (Lipinski definition) is 6. The molecule has 0 bridgehead atoms. The minimum absolute atomic E-state index is 0.0936. The summed E-state index contributed by atoms with van der Waals surface area (Å²) in [5, 5.41) is 7.43. The lowest BCUT2D eigenvalue weighted by atomic mass is 10.1. The zero-order chi connectivity index (χ0) is 18.1. The molecule has 1 amide bonds. The number of carbonyl (C=O) groups is 1. The van der Waals surface area contributed by atoms with Crippen LogP contribution in [0.15, 0.2) is 12.7 Å². The highest BCUT2D eigenvalue weighted by molar-refractivity contribution is 5.87. The summed E-state index contributed by atoms with van der Waals surface area (Å²) >= 11 is 0. The van der Waals surface area contributed by atoms with Gasteiger partial charge in [0.2, 0.25) is 5.91 Å². The van der Waals surface area contributed by atoms with Crippen LogP contribution in [-0.4, -0.2) is 49.2 Å². The monoisotopic (exact) mass is 342 g/mol. The maximum absolute atomic E-state index is 12.5. The number of anilines is 1. The van der Waals surface area contributed by atoms with Gasteiger partial charge in [-0.1, -0.05) is 0 Å². The van der Waals surface area contributed by atoms with Gasteiger partial charge < -0.3 is 15.2 Å². The Hall–Kier alpha value is -2.97. The van der Waals surface area contributed by atoms with Gasteiger partial charge in [-0.15, -0.1) is 0 Å². The predicted molar refractivity (Wildman–Crippen MR) is 94.2 cm³/mol. The van der Waals surface area contributed by atoms with Gasteiger partial charge in [0.05, 0.1) is 24.6 Å². The second kappa shape index (κ2) is 6.50. The first-order chi connectivity index (χ1) is 11.9. The lowest BCUT2D eigenvalue weighted by molar-refractivity contribution is -0.120. The SMILES string of the molecule is Cc1nn(C)c(C)c1C(C)NC(=O)CN(C)c1ncnc2nc[nH]c12. The van der Waals surface area contributed by atoms with Crippen LogP contribution < -0.4 is 10.2 Å². The molecule has 0 saturated heterocycles. The lowest BCUT2D eigenvalue weighted by Crippen LogP contribution is -2.37. The molecule has 3 heterocycles. The molecule has 9 nitrogen and oxygen atoms in total. The van der Waals surface area contributed by atoms with Crippen LogP contribution in [0, 0.1) is 13.8 Å². The number of rotatable bonds is 5. The van der Waals surface area contributed by atoms with E-state index >= 15 is 0 Å². The molecule has 0 saturated carbocycles. The first-order valence-corrected chi connectivity index (χ1v) is 8.03. The van der Waals surface area contributed by atoms with E-state index in [1.165, 1.54) is 6.33 Å². The molecule has 0 aliphatic heterocycles. The van der Waals surface area contributed by atoms with Crippen molar-refractivity contribution >= 4 is 22.9 Å². The van der Waals surface area contributed by atoms with Crippen LogP contribution in [0.4, 0.5) is 5.82 Å². The Morgan fingerprint density at radius 2 is 2.12 bits per heavy atom. The van der Waals surface area contributed by atoms with E-state index in [-0.39, 0.29) is 18.5 Å². The Labute approximate surface area is 145 Å². The van der Waals surface area contributed by atoms with Crippen LogP contribution in [0.3, 0.4) is 0 Å². The summed E-state index contributed by atoms with van der Waals surface area (Å²) in [4.78, 5) is 29.7. The highest BCUT2D eigenvalue weighted by Gasteiger charge is 2.19. The van der Waals surface area contributed by atoms with Crippen molar-refractivity contribution in [2.45, 2.75) is 26.8 Å². The number of aromatic amines is 1. The number of carbonyl (C=O) groups excluding carboxylic acids is 1. The van der Waals surface area contributed by atoms with E-state index in [0.29, 0.717) is 17.0 Å². The number of aromatic nitrogens is 6. The molecular weight excluding hydrogens is 320 g/mol. The molecule has 3 aromatic rings.